The van der Waals surface area contributed by atoms with Gasteiger partial charge in [-0.3, -0.25) is 0 Å². The van der Waals surface area contributed by atoms with Crippen LogP contribution in [0.2, 0.25) is 5.02 Å². The first kappa shape index (κ1) is 10.3. The second-order valence-corrected chi connectivity index (χ2v) is 3.31. The molecule has 0 aliphatic heterocycles. The molecule has 1 atom stereocenters. The zero-order chi connectivity index (χ0) is 9.68. The van der Waals surface area contributed by atoms with E-state index in [1.807, 2.05) is 31.2 Å². The molecule has 0 heterocycles. The van der Waals surface area contributed by atoms with E-state index in [1.54, 1.807) is 12.1 Å². The zero-order valence-electron chi connectivity index (χ0n) is 7.57. The molecule has 1 rings (SSSR count). The topological polar surface area (TPSA) is 20.2 Å². The molecule has 0 aliphatic rings. The van der Waals surface area contributed by atoms with Crippen LogP contribution >= 0.6 is 11.6 Å². The number of allylic oxidation sites excluding steroid dienone is 1. The van der Waals surface area contributed by atoms with Crippen LogP contribution in [0.5, 0.6) is 0 Å². The van der Waals surface area contributed by atoms with Crippen molar-refractivity contribution in [3.05, 3.63) is 47.0 Å². The molecule has 0 aliphatic carbocycles. The summed E-state index contributed by atoms with van der Waals surface area (Å²) in [6.45, 7) is 1.94. The average Bonchev–Trinajstić information content (AvgIpc) is 2.15. The molecule has 0 fully saturated rings. The van der Waals surface area contributed by atoms with E-state index in [4.69, 9.17) is 11.6 Å². The summed E-state index contributed by atoms with van der Waals surface area (Å²) < 4.78 is 0. The third-order valence-electron chi connectivity index (χ3n) is 1.85. The molecular formula is C11H13ClO. The highest BCUT2D eigenvalue weighted by atomic mass is 35.5. The van der Waals surface area contributed by atoms with Gasteiger partial charge in [-0.15, -0.1) is 0 Å². The van der Waals surface area contributed by atoms with Crippen molar-refractivity contribution in [2.24, 2.45) is 0 Å². The minimum Gasteiger partial charge on any atom is -0.388 e. The van der Waals surface area contributed by atoms with Gasteiger partial charge < -0.3 is 5.11 Å². The second-order valence-electron chi connectivity index (χ2n) is 2.87. The Kier molecular flexibility index (Phi) is 4.00. The van der Waals surface area contributed by atoms with Crippen molar-refractivity contribution >= 4 is 11.6 Å². The Morgan fingerprint density at radius 3 is 2.54 bits per heavy atom. The highest BCUT2D eigenvalue weighted by Crippen LogP contribution is 2.19. The van der Waals surface area contributed by atoms with Gasteiger partial charge in [-0.25, -0.2) is 0 Å². The maximum atomic E-state index is 9.65. The predicted molar refractivity (Wildman–Crippen MR) is 55.8 cm³/mol. The third kappa shape index (κ3) is 3.21. The van der Waals surface area contributed by atoms with E-state index in [-0.39, 0.29) is 0 Å². The number of benzene rings is 1. The van der Waals surface area contributed by atoms with Crippen LogP contribution in [0, 0.1) is 0 Å². The summed E-state index contributed by atoms with van der Waals surface area (Å²) in [4.78, 5) is 0. The van der Waals surface area contributed by atoms with Crippen molar-refractivity contribution in [3.8, 4) is 0 Å². The maximum absolute atomic E-state index is 9.65. The molecule has 70 valence electrons. The molecule has 0 unspecified atom stereocenters. The summed E-state index contributed by atoms with van der Waals surface area (Å²) in [6, 6.07) is 7.26. The van der Waals surface area contributed by atoms with Crippen molar-refractivity contribution in [2.75, 3.05) is 0 Å². The molecule has 0 aromatic heterocycles. The smallest absolute Gasteiger partial charge is 0.0824 e. The minimum absolute atomic E-state index is 0.423. The van der Waals surface area contributed by atoms with Gasteiger partial charge in [0, 0.05) is 5.02 Å². The molecule has 0 amide bonds. The first-order valence-corrected chi connectivity index (χ1v) is 4.66. The third-order valence-corrected chi connectivity index (χ3v) is 2.10. The lowest BCUT2D eigenvalue weighted by molar-refractivity contribution is 0.181. The van der Waals surface area contributed by atoms with Gasteiger partial charge >= 0.3 is 0 Å². The van der Waals surface area contributed by atoms with Gasteiger partial charge in [0.25, 0.3) is 0 Å². The van der Waals surface area contributed by atoms with E-state index in [0.717, 1.165) is 5.56 Å². The Labute approximate surface area is 83.7 Å². The van der Waals surface area contributed by atoms with E-state index < -0.39 is 6.10 Å². The Hall–Kier alpha value is -0.790. The Balaban J connectivity index is 2.66. The molecule has 0 saturated carbocycles. The fourth-order valence-electron chi connectivity index (χ4n) is 1.09. The van der Waals surface area contributed by atoms with Crippen molar-refractivity contribution in [1.29, 1.82) is 0 Å². The van der Waals surface area contributed by atoms with E-state index in [2.05, 4.69) is 0 Å². The van der Waals surface area contributed by atoms with Gasteiger partial charge in [-0.1, -0.05) is 35.9 Å². The summed E-state index contributed by atoms with van der Waals surface area (Å²) in [5, 5.41) is 10.3. The van der Waals surface area contributed by atoms with Crippen LogP contribution in [0.3, 0.4) is 0 Å². The van der Waals surface area contributed by atoms with Crippen LogP contribution in [0.1, 0.15) is 25.0 Å². The van der Waals surface area contributed by atoms with E-state index >= 15 is 0 Å². The Morgan fingerprint density at radius 1 is 1.38 bits per heavy atom. The first-order valence-electron chi connectivity index (χ1n) is 4.28. The second kappa shape index (κ2) is 5.05. The first-order chi connectivity index (χ1) is 6.24. The number of aliphatic hydroxyl groups is 1. The fourth-order valence-corrected chi connectivity index (χ4v) is 1.21. The summed E-state index contributed by atoms with van der Waals surface area (Å²) in [5.74, 6) is 0. The highest BCUT2D eigenvalue weighted by molar-refractivity contribution is 6.30. The van der Waals surface area contributed by atoms with Crippen LogP contribution in [-0.4, -0.2) is 5.11 Å². The summed E-state index contributed by atoms with van der Waals surface area (Å²) >= 11 is 5.73. The molecule has 0 bridgehead atoms. The van der Waals surface area contributed by atoms with E-state index in [1.165, 1.54) is 0 Å². The van der Waals surface area contributed by atoms with Crippen LogP contribution in [-0.2, 0) is 0 Å². The number of hydrogen-bond acceptors (Lipinski definition) is 1. The number of aliphatic hydroxyl groups excluding tert-OH is 1. The lowest BCUT2D eigenvalue weighted by atomic mass is 10.1. The van der Waals surface area contributed by atoms with Crippen LogP contribution < -0.4 is 0 Å². The van der Waals surface area contributed by atoms with Crippen molar-refractivity contribution in [2.45, 2.75) is 19.4 Å². The van der Waals surface area contributed by atoms with E-state index in [9.17, 15) is 5.11 Å². The largest absolute Gasteiger partial charge is 0.388 e. The number of hydrogen-bond donors (Lipinski definition) is 1. The van der Waals surface area contributed by atoms with E-state index in [0.29, 0.717) is 11.4 Å². The molecule has 13 heavy (non-hydrogen) atoms. The predicted octanol–water partition coefficient (Wildman–Crippen LogP) is 3.34. The molecule has 1 aromatic carbocycles. The highest BCUT2D eigenvalue weighted by Gasteiger charge is 2.03. The Bertz CT molecular complexity index is 277. The molecule has 2 heteroatoms. The number of rotatable bonds is 3. The van der Waals surface area contributed by atoms with Gasteiger partial charge in [0.05, 0.1) is 6.10 Å². The zero-order valence-corrected chi connectivity index (χ0v) is 8.33. The van der Waals surface area contributed by atoms with Gasteiger partial charge in [0.15, 0.2) is 0 Å². The fraction of sp³-hybridized carbons (Fsp3) is 0.273. The van der Waals surface area contributed by atoms with Crippen LogP contribution in [0.15, 0.2) is 36.4 Å². The molecular weight excluding hydrogens is 184 g/mol. The standard InChI is InChI=1S/C11H13ClO/c1-2-3-4-11(13)9-5-7-10(12)8-6-9/h2-3,5-8,11,13H,4H2,1H3/b3-2-/t11-/m1/s1. The SMILES string of the molecule is C/C=C\C[C@@H](O)c1ccc(Cl)cc1. The van der Waals surface area contributed by atoms with Crippen molar-refractivity contribution in [1.82, 2.24) is 0 Å². The van der Waals surface area contributed by atoms with Gasteiger partial charge in [0.2, 0.25) is 0 Å². The normalized spacial score (nSPS) is 13.5. The minimum atomic E-state index is -0.423. The van der Waals surface area contributed by atoms with Gasteiger partial charge in [0.1, 0.15) is 0 Å². The molecule has 0 spiro atoms. The molecule has 1 nitrogen and oxygen atoms in total. The maximum Gasteiger partial charge on any atom is 0.0824 e. The van der Waals surface area contributed by atoms with Gasteiger partial charge in [-0.05, 0) is 31.0 Å². The lowest BCUT2D eigenvalue weighted by Gasteiger charge is -2.07. The monoisotopic (exact) mass is 196 g/mol. The van der Waals surface area contributed by atoms with Gasteiger partial charge in [-0.2, -0.15) is 0 Å². The summed E-state index contributed by atoms with van der Waals surface area (Å²) in [5.41, 5.74) is 0.905. The van der Waals surface area contributed by atoms with Crippen molar-refractivity contribution in [3.63, 3.8) is 0 Å². The van der Waals surface area contributed by atoms with Crippen LogP contribution in [0.25, 0.3) is 0 Å². The quantitative estimate of drug-likeness (QED) is 0.736. The molecule has 0 radical (unpaired) electrons. The lowest BCUT2D eigenvalue weighted by Crippen LogP contribution is -1.94. The Morgan fingerprint density at radius 2 is 2.00 bits per heavy atom. The molecule has 0 saturated heterocycles. The van der Waals surface area contributed by atoms with Crippen LogP contribution in [0.4, 0.5) is 0 Å². The number of halogens is 1. The average molecular weight is 197 g/mol. The summed E-state index contributed by atoms with van der Waals surface area (Å²) in [7, 11) is 0. The van der Waals surface area contributed by atoms with Crippen molar-refractivity contribution < 1.29 is 5.11 Å². The summed E-state index contributed by atoms with van der Waals surface area (Å²) in [6.07, 6.45) is 4.10. The molecule has 1 N–H and O–H groups in total. The molecule has 1 aromatic rings.